The molecule has 2 aliphatic rings. The van der Waals surface area contributed by atoms with Crippen LogP contribution in [0.2, 0.25) is 0 Å². The summed E-state index contributed by atoms with van der Waals surface area (Å²) in [6, 6.07) is 16.0. The Morgan fingerprint density at radius 2 is 1.79 bits per heavy atom. The second-order valence-electron chi connectivity index (χ2n) is 9.88. The molecule has 4 heterocycles. The maximum absolute atomic E-state index is 11.9. The molecule has 0 saturated carbocycles. The van der Waals surface area contributed by atoms with Gasteiger partial charge in [0.1, 0.15) is 18.1 Å². The summed E-state index contributed by atoms with van der Waals surface area (Å²) < 4.78 is 5.20. The number of piperazine rings is 1. The number of nitrogens with one attached hydrogen (secondary N) is 2. The standard InChI is InChI=1S/C30H36N6O2/c1-22-4-3-5-26(32-22)27-20-24-10-12-31-28(21-37)29(24)30(34-27)33-25-8-6-23(7-9-25)11-13-35-14-16-36(17-15-35)18-19-38-2/h3-10,12,20-21,28,31H,11,13-19H2,1-2H3,(H,33,34). The lowest BCUT2D eigenvalue weighted by atomic mass is 9.97. The molecule has 1 saturated heterocycles. The van der Waals surface area contributed by atoms with Gasteiger partial charge in [0.2, 0.25) is 0 Å². The number of carbonyl (C=O) groups is 1. The van der Waals surface area contributed by atoms with Crippen LogP contribution in [0.25, 0.3) is 17.5 Å². The van der Waals surface area contributed by atoms with Gasteiger partial charge in [0.15, 0.2) is 0 Å². The Morgan fingerprint density at radius 3 is 2.50 bits per heavy atom. The molecule has 3 aromatic rings. The predicted molar refractivity (Wildman–Crippen MR) is 151 cm³/mol. The summed E-state index contributed by atoms with van der Waals surface area (Å²) in [5.74, 6) is 0.661. The highest BCUT2D eigenvalue weighted by molar-refractivity contribution is 5.79. The first-order valence-corrected chi connectivity index (χ1v) is 13.3. The lowest BCUT2D eigenvalue weighted by Gasteiger charge is -2.34. The highest BCUT2D eigenvalue weighted by Gasteiger charge is 2.23. The number of ether oxygens (including phenoxy) is 1. The van der Waals surface area contributed by atoms with Gasteiger partial charge in [-0.3, -0.25) is 9.88 Å². The monoisotopic (exact) mass is 512 g/mol. The van der Waals surface area contributed by atoms with Crippen molar-refractivity contribution in [2.45, 2.75) is 19.4 Å². The van der Waals surface area contributed by atoms with Gasteiger partial charge in [-0.05, 0) is 67.1 Å². The van der Waals surface area contributed by atoms with Crippen molar-refractivity contribution in [3.8, 4) is 11.4 Å². The lowest BCUT2D eigenvalue weighted by molar-refractivity contribution is -0.109. The Balaban J connectivity index is 1.28. The highest BCUT2D eigenvalue weighted by Crippen LogP contribution is 2.33. The number of pyridine rings is 2. The molecular formula is C30H36N6O2. The van der Waals surface area contributed by atoms with Crippen molar-refractivity contribution in [2.75, 3.05) is 58.3 Å². The molecule has 1 atom stereocenters. The van der Waals surface area contributed by atoms with E-state index >= 15 is 0 Å². The minimum Gasteiger partial charge on any atom is -0.383 e. The van der Waals surface area contributed by atoms with Crippen LogP contribution in [0, 0.1) is 6.92 Å². The molecule has 2 aromatic heterocycles. The molecule has 8 heteroatoms. The van der Waals surface area contributed by atoms with Crippen LogP contribution in [0.4, 0.5) is 11.5 Å². The van der Waals surface area contributed by atoms with Gasteiger partial charge in [-0.25, -0.2) is 4.98 Å². The van der Waals surface area contributed by atoms with Crippen LogP contribution < -0.4 is 10.6 Å². The van der Waals surface area contributed by atoms with Crippen molar-refractivity contribution in [1.82, 2.24) is 25.1 Å². The molecule has 198 valence electrons. The molecule has 8 nitrogen and oxygen atoms in total. The fraction of sp³-hybridized carbons (Fsp3) is 0.367. The van der Waals surface area contributed by atoms with Gasteiger partial charge >= 0.3 is 0 Å². The lowest BCUT2D eigenvalue weighted by Crippen LogP contribution is -2.47. The largest absolute Gasteiger partial charge is 0.383 e. The highest BCUT2D eigenvalue weighted by atomic mass is 16.5. The molecule has 2 N–H and O–H groups in total. The Hall–Kier alpha value is -3.59. The molecule has 1 aromatic carbocycles. The first kappa shape index (κ1) is 26.0. The van der Waals surface area contributed by atoms with Crippen molar-refractivity contribution < 1.29 is 9.53 Å². The van der Waals surface area contributed by atoms with Gasteiger partial charge < -0.3 is 25.1 Å². The summed E-state index contributed by atoms with van der Waals surface area (Å²) >= 11 is 0. The van der Waals surface area contributed by atoms with E-state index in [2.05, 4.69) is 49.7 Å². The van der Waals surface area contributed by atoms with E-state index in [4.69, 9.17) is 9.72 Å². The van der Waals surface area contributed by atoms with E-state index in [1.165, 1.54) is 5.56 Å². The number of aldehydes is 1. The third-order valence-corrected chi connectivity index (χ3v) is 7.24. The van der Waals surface area contributed by atoms with Crippen LogP contribution in [0.1, 0.15) is 28.4 Å². The Labute approximate surface area is 224 Å². The molecule has 1 fully saturated rings. The Kier molecular flexibility index (Phi) is 8.43. The fourth-order valence-electron chi connectivity index (χ4n) is 5.02. The summed E-state index contributed by atoms with van der Waals surface area (Å²) in [7, 11) is 1.76. The Bertz CT molecular complexity index is 1270. The maximum Gasteiger partial charge on any atom is 0.146 e. The van der Waals surface area contributed by atoms with Gasteiger partial charge in [0, 0.05) is 63.3 Å². The predicted octanol–water partition coefficient (Wildman–Crippen LogP) is 3.82. The average Bonchev–Trinajstić information content (AvgIpc) is 2.95. The van der Waals surface area contributed by atoms with E-state index in [1.54, 1.807) is 7.11 Å². The summed E-state index contributed by atoms with van der Waals surface area (Å²) in [6.45, 7) is 9.26. The Morgan fingerprint density at radius 1 is 1.03 bits per heavy atom. The minimum atomic E-state index is -0.459. The van der Waals surface area contributed by atoms with E-state index in [9.17, 15) is 4.79 Å². The molecule has 5 rings (SSSR count). The molecule has 0 amide bonds. The molecule has 0 aliphatic carbocycles. The summed E-state index contributed by atoms with van der Waals surface area (Å²) in [6.07, 6.45) is 5.72. The second-order valence-corrected chi connectivity index (χ2v) is 9.88. The smallest absolute Gasteiger partial charge is 0.146 e. The van der Waals surface area contributed by atoms with Crippen LogP contribution in [0.5, 0.6) is 0 Å². The summed E-state index contributed by atoms with van der Waals surface area (Å²) in [4.78, 5) is 26.4. The van der Waals surface area contributed by atoms with Crippen LogP contribution in [0.3, 0.4) is 0 Å². The summed E-state index contributed by atoms with van der Waals surface area (Å²) in [5.41, 5.74) is 6.54. The quantitative estimate of drug-likeness (QED) is 0.397. The maximum atomic E-state index is 11.9. The third-order valence-electron chi connectivity index (χ3n) is 7.24. The van der Waals surface area contributed by atoms with E-state index in [1.807, 2.05) is 43.5 Å². The number of carbonyl (C=O) groups excluding carboxylic acids is 1. The number of anilines is 2. The molecular weight excluding hydrogens is 476 g/mol. The zero-order chi connectivity index (χ0) is 26.3. The van der Waals surface area contributed by atoms with E-state index in [0.717, 1.165) is 92.5 Å². The van der Waals surface area contributed by atoms with Gasteiger partial charge in [-0.1, -0.05) is 18.2 Å². The third kappa shape index (κ3) is 6.27. The fourth-order valence-corrected chi connectivity index (χ4v) is 5.02. The van der Waals surface area contributed by atoms with Gasteiger partial charge in [-0.2, -0.15) is 0 Å². The van der Waals surface area contributed by atoms with Gasteiger partial charge in [0.05, 0.1) is 18.0 Å². The summed E-state index contributed by atoms with van der Waals surface area (Å²) in [5, 5.41) is 6.61. The van der Waals surface area contributed by atoms with Crippen molar-refractivity contribution >= 4 is 23.9 Å². The minimum absolute atomic E-state index is 0.459. The van der Waals surface area contributed by atoms with E-state index < -0.39 is 6.04 Å². The number of methoxy groups -OCH3 is 1. The van der Waals surface area contributed by atoms with Gasteiger partial charge in [0.25, 0.3) is 0 Å². The van der Waals surface area contributed by atoms with Crippen LogP contribution in [-0.2, 0) is 16.0 Å². The number of nitrogens with zero attached hydrogens (tertiary/aromatic N) is 4. The number of aryl methyl sites for hydroxylation is 1. The molecule has 2 aliphatic heterocycles. The normalized spacial score (nSPS) is 17.6. The number of benzene rings is 1. The second kappa shape index (κ2) is 12.3. The first-order valence-electron chi connectivity index (χ1n) is 13.3. The number of fused-ring (bicyclic) bond motifs is 1. The number of aromatic nitrogens is 2. The average molecular weight is 513 g/mol. The van der Waals surface area contributed by atoms with Crippen LogP contribution in [-0.4, -0.2) is 79.0 Å². The van der Waals surface area contributed by atoms with E-state index in [0.29, 0.717) is 5.82 Å². The SMILES string of the molecule is COCCN1CCN(CCc2ccc(Nc3nc(-c4cccc(C)n4)cc4c3C(C=O)NC=C4)cc2)CC1. The van der Waals surface area contributed by atoms with Crippen molar-refractivity contribution in [2.24, 2.45) is 0 Å². The molecule has 1 unspecified atom stereocenters. The van der Waals surface area contributed by atoms with Gasteiger partial charge in [-0.15, -0.1) is 0 Å². The zero-order valence-electron chi connectivity index (χ0n) is 22.2. The number of hydrogen-bond donors (Lipinski definition) is 2. The molecule has 0 radical (unpaired) electrons. The van der Waals surface area contributed by atoms with Crippen molar-refractivity contribution in [1.29, 1.82) is 0 Å². The number of hydrogen-bond acceptors (Lipinski definition) is 8. The number of rotatable bonds is 10. The zero-order valence-corrected chi connectivity index (χ0v) is 22.2. The van der Waals surface area contributed by atoms with Crippen LogP contribution in [0.15, 0.2) is 54.7 Å². The topological polar surface area (TPSA) is 82.6 Å². The molecule has 0 bridgehead atoms. The van der Waals surface area contributed by atoms with Crippen LogP contribution >= 0.6 is 0 Å². The molecule has 38 heavy (non-hydrogen) atoms. The first-order chi connectivity index (χ1) is 18.6. The van der Waals surface area contributed by atoms with Crippen molar-refractivity contribution in [3.63, 3.8) is 0 Å². The van der Waals surface area contributed by atoms with E-state index in [-0.39, 0.29) is 0 Å². The molecule has 0 spiro atoms. The van der Waals surface area contributed by atoms with Crippen molar-refractivity contribution in [3.05, 3.63) is 77.1 Å².